The van der Waals surface area contributed by atoms with Crippen LogP contribution >= 0.6 is 0 Å². The van der Waals surface area contributed by atoms with Crippen LogP contribution in [0.2, 0.25) is 0 Å². The highest BCUT2D eigenvalue weighted by Crippen LogP contribution is 2.42. The van der Waals surface area contributed by atoms with Crippen molar-refractivity contribution in [3.8, 4) is 0 Å². The second-order valence-corrected chi connectivity index (χ2v) is 6.85. The molecule has 0 bridgehead atoms. The van der Waals surface area contributed by atoms with Gasteiger partial charge in [0, 0.05) is 12.1 Å². The second-order valence-electron chi connectivity index (χ2n) is 6.85. The molecule has 0 spiro atoms. The topological polar surface area (TPSA) is 24.1 Å². The largest absolute Gasteiger partial charge is 0.317 e. The maximum atomic E-state index is 3.88. The maximum Gasteiger partial charge on any atom is 0.0142 e. The van der Waals surface area contributed by atoms with E-state index in [4.69, 9.17) is 0 Å². The molecule has 1 aliphatic carbocycles. The first kappa shape index (κ1) is 14.8. The quantitative estimate of drug-likeness (QED) is 0.865. The number of benzene rings is 1. The Balaban J connectivity index is 1.62. The van der Waals surface area contributed by atoms with Crippen molar-refractivity contribution in [2.45, 2.75) is 45.2 Å². The van der Waals surface area contributed by atoms with Gasteiger partial charge in [-0.2, -0.15) is 0 Å². The fourth-order valence-electron chi connectivity index (χ4n) is 3.48. The van der Waals surface area contributed by atoms with Crippen LogP contribution in [0.5, 0.6) is 0 Å². The zero-order chi connectivity index (χ0) is 14.7. The van der Waals surface area contributed by atoms with Crippen molar-refractivity contribution in [3.63, 3.8) is 0 Å². The zero-order valence-corrected chi connectivity index (χ0v) is 13.3. The summed E-state index contributed by atoms with van der Waals surface area (Å²) in [7, 11) is 0. The highest BCUT2D eigenvalue weighted by molar-refractivity contribution is 5.55. The maximum absolute atomic E-state index is 3.88. The molecule has 1 aromatic carbocycles. The molecule has 2 N–H and O–H groups in total. The minimum atomic E-state index is 0.634. The monoisotopic (exact) mass is 284 g/mol. The third-order valence-electron chi connectivity index (χ3n) is 4.81. The van der Waals surface area contributed by atoms with Crippen LogP contribution in [-0.2, 0) is 0 Å². The lowest BCUT2D eigenvalue weighted by molar-refractivity contribution is 0.380. The van der Waals surface area contributed by atoms with Gasteiger partial charge in [-0.05, 0) is 49.8 Å². The first-order valence-electron chi connectivity index (χ1n) is 8.47. The SMILES string of the molecule is CC(C)/C(=C\c1ccccc1)[C@@H]1C[C@H]1NC1CCNCC1. The van der Waals surface area contributed by atoms with E-state index in [9.17, 15) is 0 Å². The number of rotatable bonds is 5. The predicted octanol–water partition coefficient (Wildman–Crippen LogP) is 3.46. The van der Waals surface area contributed by atoms with Gasteiger partial charge in [0.15, 0.2) is 0 Å². The van der Waals surface area contributed by atoms with Crippen LogP contribution in [0.3, 0.4) is 0 Å². The molecule has 0 radical (unpaired) electrons. The zero-order valence-electron chi connectivity index (χ0n) is 13.3. The third kappa shape index (κ3) is 3.96. The summed E-state index contributed by atoms with van der Waals surface area (Å²) in [6.45, 7) is 7.00. The number of hydrogen-bond donors (Lipinski definition) is 2. The Bertz CT molecular complexity index is 472. The Labute approximate surface area is 129 Å². The number of nitrogens with one attached hydrogen (secondary N) is 2. The molecule has 1 aromatic rings. The minimum Gasteiger partial charge on any atom is -0.317 e. The van der Waals surface area contributed by atoms with Crippen LogP contribution < -0.4 is 10.6 Å². The van der Waals surface area contributed by atoms with Gasteiger partial charge in [0.25, 0.3) is 0 Å². The lowest BCUT2D eigenvalue weighted by Crippen LogP contribution is -2.41. The van der Waals surface area contributed by atoms with Crippen LogP contribution in [0.25, 0.3) is 6.08 Å². The van der Waals surface area contributed by atoms with Gasteiger partial charge in [0.2, 0.25) is 0 Å². The van der Waals surface area contributed by atoms with Crippen molar-refractivity contribution in [2.24, 2.45) is 11.8 Å². The van der Waals surface area contributed by atoms with E-state index >= 15 is 0 Å². The summed E-state index contributed by atoms with van der Waals surface area (Å²) in [5.74, 6) is 1.38. The molecule has 114 valence electrons. The molecule has 1 aliphatic heterocycles. The molecule has 0 unspecified atom stereocenters. The summed E-state index contributed by atoms with van der Waals surface area (Å²) in [5.41, 5.74) is 2.96. The average molecular weight is 284 g/mol. The van der Waals surface area contributed by atoms with E-state index in [1.54, 1.807) is 5.57 Å². The van der Waals surface area contributed by atoms with Crippen molar-refractivity contribution in [3.05, 3.63) is 41.5 Å². The normalized spacial score (nSPS) is 27.1. The van der Waals surface area contributed by atoms with Gasteiger partial charge in [0.05, 0.1) is 0 Å². The van der Waals surface area contributed by atoms with Gasteiger partial charge < -0.3 is 10.6 Å². The summed E-state index contributed by atoms with van der Waals surface area (Å²) >= 11 is 0. The first-order chi connectivity index (χ1) is 10.2. The summed E-state index contributed by atoms with van der Waals surface area (Å²) in [5, 5.41) is 7.33. The molecule has 1 saturated carbocycles. The van der Waals surface area contributed by atoms with Crippen molar-refractivity contribution in [1.82, 2.24) is 10.6 Å². The Morgan fingerprint density at radius 1 is 1.19 bits per heavy atom. The van der Waals surface area contributed by atoms with Gasteiger partial charge in [-0.1, -0.05) is 55.8 Å². The van der Waals surface area contributed by atoms with Gasteiger partial charge >= 0.3 is 0 Å². The minimum absolute atomic E-state index is 0.634. The Morgan fingerprint density at radius 2 is 1.90 bits per heavy atom. The van der Waals surface area contributed by atoms with E-state index in [0.29, 0.717) is 12.0 Å². The standard InChI is InChI=1S/C19H28N2/c1-14(2)17(12-15-6-4-3-5-7-15)18-13-19(18)21-16-8-10-20-11-9-16/h3-7,12,14,16,18-21H,8-11,13H2,1-2H3/b17-12+/t18-,19+/m0/s1. The molecule has 1 saturated heterocycles. The highest BCUT2D eigenvalue weighted by atomic mass is 15.0. The molecule has 2 heteroatoms. The van der Waals surface area contributed by atoms with Crippen molar-refractivity contribution < 1.29 is 0 Å². The molecule has 2 aliphatic rings. The number of hydrogen-bond acceptors (Lipinski definition) is 2. The van der Waals surface area contributed by atoms with Gasteiger partial charge in [-0.15, -0.1) is 0 Å². The van der Waals surface area contributed by atoms with Gasteiger partial charge in [-0.3, -0.25) is 0 Å². The summed E-state index contributed by atoms with van der Waals surface area (Å²) in [6, 6.07) is 12.2. The molecule has 2 fully saturated rings. The van der Waals surface area contributed by atoms with E-state index in [-0.39, 0.29) is 0 Å². The summed E-state index contributed by atoms with van der Waals surface area (Å²) in [4.78, 5) is 0. The van der Waals surface area contributed by atoms with Crippen LogP contribution in [0.15, 0.2) is 35.9 Å². The fourth-order valence-corrected chi connectivity index (χ4v) is 3.48. The second kappa shape index (κ2) is 6.76. The molecule has 2 nitrogen and oxygen atoms in total. The highest BCUT2D eigenvalue weighted by Gasteiger charge is 2.41. The van der Waals surface area contributed by atoms with E-state index in [2.05, 4.69) is 60.9 Å². The van der Waals surface area contributed by atoms with E-state index in [0.717, 1.165) is 12.0 Å². The van der Waals surface area contributed by atoms with Gasteiger partial charge in [-0.25, -0.2) is 0 Å². The molecular weight excluding hydrogens is 256 g/mol. The van der Waals surface area contributed by atoms with Crippen LogP contribution in [0.4, 0.5) is 0 Å². The molecule has 1 heterocycles. The average Bonchev–Trinajstić information content (AvgIpc) is 3.25. The van der Waals surface area contributed by atoms with E-state index < -0.39 is 0 Å². The smallest absolute Gasteiger partial charge is 0.0142 e. The van der Waals surface area contributed by atoms with Crippen LogP contribution in [0.1, 0.15) is 38.7 Å². The molecular formula is C19H28N2. The lowest BCUT2D eigenvalue weighted by Gasteiger charge is -2.24. The Morgan fingerprint density at radius 3 is 2.57 bits per heavy atom. The van der Waals surface area contributed by atoms with Crippen LogP contribution in [-0.4, -0.2) is 25.2 Å². The number of piperidine rings is 1. The molecule has 0 aromatic heterocycles. The fraction of sp³-hybridized carbons (Fsp3) is 0.579. The van der Waals surface area contributed by atoms with E-state index in [1.807, 2.05) is 0 Å². The van der Waals surface area contributed by atoms with Crippen molar-refractivity contribution >= 4 is 6.08 Å². The lowest BCUT2D eigenvalue weighted by atomic mass is 9.95. The predicted molar refractivity (Wildman–Crippen MR) is 90.2 cm³/mol. The molecule has 2 atom stereocenters. The van der Waals surface area contributed by atoms with Gasteiger partial charge in [0.1, 0.15) is 0 Å². The van der Waals surface area contributed by atoms with Crippen LogP contribution in [0, 0.1) is 11.8 Å². The first-order valence-corrected chi connectivity index (χ1v) is 8.47. The molecule has 0 amide bonds. The van der Waals surface area contributed by atoms with Crippen molar-refractivity contribution in [2.75, 3.05) is 13.1 Å². The molecule has 21 heavy (non-hydrogen) atoms. The Kier molecular flexibility index (Phi) is 4.77. The third-order valence-corrected chi connectivity index (χ3v) is 4.81. The van der Waals surface area contributed by atoms with Crippen molar-refractivity contribution in [1.29, 1.82) is 0 Å². The summed E-state index contributed by atoms with van der Waals surface area (Å²) in [6.07, 6.45) is 6.30. The summed E-state index contributed by atoms with van der Waals surface area (Å²) < 4.78 is 0. The van der Waals surface area contributed by atoms with E-state index in [1.165, 1.54) is 37.9 Å². The molecule has 3 rings (SSSR count). The Hall–Kier alpha value is -1.12.